The minimum absolute atomic E-state index is 0. The predicted octanol–water partition coefficient (Wildman–Crippen LogP) is 5.07. The summed E-state index contributed by atoms with van der Waals surface area (Å²) in [6.07, 6.45) is 0. The van der Waals surface area contributed by atoms with Gasteiger partial charge in [0.25, 0.3) is 0 Å². The molecule has 0 aliphatic carbocycles. The number of rotatable bonds is 6. The largest absolute Gasteiger partial charge is 2.00 e. The molecule has 11 heteroatoms. The molecule has 0 radical (unpaired) electrons. The van der Waals surface area contributed by atoms with Crippen molar-refractivity contribution >= 4 is 35.5 Å². The van der Waals surface area contributed by atoms with Gasteiger partial charge in [-0.05, 0) is 44.9 Å². The number of carbonyl (C=O) groups is 2. The zero-order valence-corrected chi connectivity index (χ0v) is 29.9. The third-order valence-corrected chi connectivity index (χ3v) is 8.52. The van der Waals surface area contributed by atoms with Crippen LogP contribution >= 0.6 is 23.5 Å². The van der Waals surface area contributed by atoms with Crippen molar-refractivity contribution in [1.29, 1.82) is 0 Å². The van der Waals surface area contributed by atoms with E-state index in [1.807, 2.05) is 95.2 Å². The topological polar surface area (TPSA) is 161 Å². The average molecular weight is 679 g/mol. The van der Waals surface area contributed by atoms with Crippen LogP contribution in [0, 0.1) is 0 Å². The van der Waals surface area contributed by atoms with E-state index in [9.17, 15) is 40.2 Å². The third-order valence-electron chi connectivity index (χ3n) is 6.36. The van der Waals surface area contributed by atoms with Crippen LogP contribution in [-0.2, 0) is 48.3 Å². The molecule has 2 rings (SSSR count). The Morgan fingerprint density at radius 2 is 0.767 bits per heavy atom. The SMILES string of the molecule is CC(C)(C)c1cc(C(C)(C)C)c(SCC(=O)[O-])c(O)c1O.CC(C)(C)c1cc(C(C)(C)C)c(SCC(=O)[O-])c(O)c1O.[Fe+2]. The van der Waals surface area contributed by atoms with Crippen molar-refractivity contribution in [2.75, 3.05) is 11.5 Å². The number of thioether (sulfide) groups is 2. The first kappa shape index (κ1) is 40.8. The van der Waals surface area contributed by atoms with Crippen molar-refractivity contribution in [2.45, 2.75) is 115 Å². The first-order valence-electron chi connectivity index (χ1n) is 13.6. The Bertz CT molecular complexity index is 1210. The van der Waals surface area contributed by atoms with Crippen LogP contribution in [0.15, 0.2) is 21.9 Å². The molecule has 0 bridgehead atoms. The Hall–Kier alpha value is -2.20. The molecular weight excluding hydrogens is 632 g/mol. The van der Waals surface area contributed by atoms with Crippen LogP contribution in [0.5, 0.6) is 23.0 Å². The van der Waals surface area contributed by atoms with Gasteiger partial charge in [0.2, 0.25) is 0 Å². The molecule has 0 spiro atoms. The number of hydrogen-bond acceptors (Lipinski definition) is 10. The Morgan fingerprint density at radius 3 is 0.953 bits per heavy atom. The number of phenolic OH excluding ortho intramolecular Hbond substituents is 4. The molecule has 0 fully saturated rings. The maximum absolute atomic E-state index is 10.7. The van der Waals surface area contributed by atoms with Gasteiger partial charge in [-0.25, -0.2) is 0 Å². The zero-order chi connectivity index (χ0) is 33.2. The van der Waals surface area contributed by atoms with E-state index < -0.39 is 11.9 Å². The summed E-state index contributed by atoms with van der Waals surface area (Å²) in [5.74, 6) is -3.84. The number of hydrogen-bond donors (Lipinski definition) is 4. The Balaban J connectivity index is 0.000000802. The maximum atomic E-state index is 10.7. The van der Waals surface area contributed by atoms with Crippen molar-refractivity contribution in [1.82, 2.24) is 0 Å². The van der Waals surface area contributed by atoms with Crippen LogP contribution in [0.25, 0.3) is 0 Å². The first-order chi connectivity index (χ1) is 18.7. The number of carboxylic acids is 2. The second kappa shape index (κ2) is 14.7. The second-order valence-corrected chi connectivity index (χ2v) is 16.3. The van der Waals surface area contributed by atoms with Crippen molar-refractivity contribution in [3.8, 4) is 23.0 Å². The summed E-state index contributed by atoms with van der Waals surface area (Å²) in [5.41, 5.74) is 1.66. The molecule has 2 aromatic carbocycles. The molecule has 0 aliphatic heterocycles. The van der Waals surface area contributed by atoms with Gasteiger partial charge in [-0.1, -0.05) is 83.1 Å². The molecule has 0 unspecified atom stereocenters. The summed E-state index contributed by atoms with van der Waals surface area (Å²) in [5, 5.41) is 62.5. The number of aliphatic carboxylic acids is 2. The Kier molecular flexibility index (Phi) is 14.0. The van der Waals surface area contributed by atoms with Gasteiger partial charge in [0.05, 0.1) is 21.7 Å². The molecule has 0 aromatic heterocycles. The summed E-state index contributed by atoms with van der Waals surface area (Å²) < 4.78 is 0. The van der Waals surface area contributed by atoms with E-state index in [0.29, 0.717) is 20.9 Å². The minimum Gasteiger partial charge on any atom is -0.549 e. The van der Waals surface area contributed by atoms with E-state index in [0.717, 1.165) is 34.7 Å². The maximum Gasteiger partial charge on any atom is 2.00 e. The van der Waals surface area contributed by atoms with E-state index in [2.05, 4.69) is 0 Å². The standard InChI is InChI=1S/2C16H24O4S.Fe/c2*1-15(2,3)9-7-10(16(4,5)6)14(13(20)12(9)19)21-8-11(17)18;/h2*7,19-20H,8H2,1-6H3,(H,17,18);/q;;+2/p-2. The number of benzene rings is 2. The predicted molar refractivity (Wildman–Crippen MR) is 166 cm³/mol. The smallest absolute Gasteiger partial charge is 0.549 e. The van der Waals surface area contributed by atoms with E-state index in [1.165, 1.54) is 0 Å². The summed E-state index contributed by atoms with van der Waals surface area (Å²) in [4.78, 5) is 22.2. The van der Waals surface area contributed by atoms with Crippen LogP contribution in [0.3, 0.4) is 0 Å². The Labute approximate surface area is 275 Å². The van der Waals surface area contributed by atoms with Crippen molar-refractivity contribution in [2.24, 2.45) is 0 Å². The van der Waals surface area contributed by atoms with Gasteiger partial charge < -0.3 is 40.2 Å². The quantitative estimate of drug-likeness (QED) is 0.185. The first-order valence-corrected chi connectivity index (χ1v) is 15.5. The summed E-state index contributed by atoms with van der Waals surface area (Å²) in [6.45, 7) is 23.6. The van der Waals surface area contributed by atoms with Crippen molar-refractivity contribution in [3.05, 3.63) is 34.4 Å². The molecule has 0 saturated carbocycles. The third kappa shape index (κ3) is 11.0. The van der Waals surface area contributed by atoms with E-state index in [-0.39, 0.29) is 73.2 Å². The van der Waals surface area contributed by atoms with E-state index in [4.69, 9.17) is 0 Å². The molecule has 0 aliphatic rings. The Morgan fingerprint density at radius 1 is 0.535 bits per heavy atom. The monoisotopic (exact) mass is 678 g/mol. The normalized spacial score (nSPS) is 12.2. The fourth-order valence-corrected chi connectivity index (χ4v) is 6.13. The van der Waals surface area contributed by atoms with E-state index >= 15 is 0 Å². The average Bonchev–Trinajstić information content (AvgIpc) is 2.77. The molecule has 0 atom stereocenters. The molecular formula is C32H46FeO8S2. The molecule has 0 amide bonds. The molecule has 2 aromatic rings. The fraction of sp³-hybridized carbons (Fsp3) is 0.562. The summed E-state index contributed by atoms with van der Waals surface area (Å²) >= 11 is 1.94. The van der Waals surface area contributed by atoms with Gasteiger partial charge in [-0.2, -0.15) is 0 Å². The molecule has 242 valence electrons. The second-order valence-electron chi connectivity index (χ2n) is 14.3. The minimum atomic E-state index is -1.21. The molecule has 43 heavy (non-hydrogen) atoms. The number of aromatic hydroxyl groups is 4. The number of phenols is 4. The van der Waals surface area contributed by atoms with Crippen LogP contribution in [0.2, 0.25) is 0 Å². The van der Waals surface area contributed by atoms with Crippen LogP contribution in [0.1, 0.15) is 105 Å². The van der Waals surface area contributed by atoms with Gasteiger partial charge in [-0.15, -0.1) is 23.5 Å². The molecule has 0 heterocycles. The number of carboxylic acid groups (broad SMARTS) is 2. The fourth-order valence-electron chi connectivity index (χ4n) is 4.09. The van der Waals surface area contributed by atoms with Crippen LogP contribution < -0.4 is 10.2 Å². The summed E-state index contributed by atoms with van der Waals surface area (Å²) in [6, 6.07) is 3.71. The van der Waals surface area contributed by atoms with Crippen LogP contribution in [-0.4, -0.2) is 43.9 Å². The van der Waals surface area contributed by atoms with Gasteiger partial charge in [0.15, 0.2) is 23.0 Å². The van der Waals surface area contributed by atoms with Gasteiger partial charge >= 0.3 is 17.1 Å². The van der Waals surface area contributed by atoms with Gasteiger partial charge in [0.1, 0.15) is 0 Å². The number of carbonyl (C=O) groups excluding carboxylic acids is 2. The molecule has 8 nitrogen and oxygen atoms in total. The van der Waals surface area contributed by atoms with Gasteiger partial charge in [0, 0.05) is 22.6 Å². The molecule has 4 N–H and O–H groups in total. The van der Waals surface area contributed by atoms with E-state index in [1.54, 1.807) is 0 Å². The van der Waals surface area contributed by atoms with Crippen molar-refractivity contribution in [3.63, 3.8) is 0 Å². The van der Waals surface area contributed by atoms with Crippen LogP contribution in [0.4, 0.5) is 0 Å². The van der Waals surface area contributed by atoms with Gasteiger partial charge in [-0.3, -0.25) is 0 Å². The summed E-state index contributed by atoms with van der Waals surface area (Å²) in [7, 11) is 0. The van der Waals surface area contributed by atoms with Crippen molar-refractivity contribution < 1.29 is 57.3 Å². The zero-order valence-electron chi connectivity index (χ0n) is 27.2. The molecule has 0 saturated heterocycles.